The third-order valence-corrected chi connectivity index (χ3v) is 10.6. The number of nitrogens with zero attached hydrogens (tertiary/aromatic N) is 2. The SMILES string of the molecule is O=C(Cn1c2c(sc1=O)C(c1ccc(F)cc1)C1C(=O)N(c3cccc(C(F)(F)F)c3)C(=O)C1S2)Nc1ccc(Cl)c(Cl)c1. The number of benzene rings is 3. The Labute approximate surface area is 264 Å². The summed E-state index contributed by atoms with van der Waals surface area (Å²) in [4.78, 5) is 54.4. The number of thioether (sulfide) groups is 1. The molecule has 1 saturated heterocycles. The zero-order chi connectivity index (χ0) is 31.5. The van der Waals surface area contributed by atoms with Crippen LogP contribution in [0.4, 0.5) is 28.9 Å². The molecular weight excluding hydrogens is 665 g/mol. The maximum atomic E-state index is 13.9. The van der Waals surface area contributed by atoms with Gasteiger partial charge in [0.2, 0.25) is 17.7 Å². The van der Waals surface area contributed by atoms with Crippen LogP contribution in [0, 0.1) is 11.7 Å². The Morgan fingerprint density at radius 1 is 0.932 bits per heavy atom. The van der Waals surface area contributed by atoms with Crippen LogP contribution in [0.3, 0.4) is 0 Å². The summed E-state index contributed by atoms with van der Waals surface area (Å²) in [5.74, 6) is -4.70. The van der Waals surface area contributed by atoms with Crippen LogP contribution in [0.2, 0.25) is 10.0 Å². The van der Waals surface area contributed by atoms with E-state index in [2.05, 4.69) is 5.32 Å². The normalized spacial score (nSPS) is 19.6. The summed E-state index contributed by atoms with van der Waals surface area (Å²) in [5, 5.41) is 2.23. The Morgan fingerprint density at radius 3 is 2.34 bits per heavy atom. The van der Waals surface area contributed by atoms with E-state index in [-0.39, 0.29) is 20.8 Å². The van der Waals surface area contributed by atoms with E-state index in [0.717, 1.165) is 46.2 Å². The summed E-state index contributed by atoms with van der Waals surface area (Å²) >= 11 is 13.6. The average Bonchev–Trinajstić information content (AvgIpc) is 3.41. The Bertz CT molecular complexity index is 1890. The molecule has 1 aromatic heterocycles. The molecule has 2 aliphatic heterocycles. The summed E-state index contributed by atoms with van der Waals surface area (Å²) < 4.78 is 55.4. The molecule has 3 amide bonds. The van der Waals surface area contributed by atoms with Crippen LogP contribution < -0.4 is 15.1 Å². The molecule has 3 unspecified atom stereocenters. The number of carbonyl (C=O) groups excluding carboxylic acids is 3. The minimum Gasteiger partial charge on any atom is -0.324 e. The van der Waals surface area contributed by atoms with Gasteiger partial charge in [-0.05, 0) is 54.1 Å². The van der Waals surface area contributed by atoms with Crippen molar-refractivity contribution < 1.29 is 31.9 Å². The molecule has 3 heterocycles. The zero-order valence-electron chi connectivity index (χ0n) is 21.9. The molecule has 2 aliphatic rings. The van der Waals surface area contributed by atoms with Gasteiger partial charge in [0.1, 0.15) is 17.6 Å². The van der Waals surface area contributed by atoms with Crippen molar-refractivity contribution >= 4 is 75.4 Å². The third-order valence-electron chi connectivity index (χ3n) is 7.22. The highest BCUT2D eigenvalue weighted by Crippen LogP contribution is 2.54. The van der Waals surface area contributed by atoms with Gasteiger partial charge in [-0.1, -0.05) is 64.5 Å². The maximum absolute atomic E-state index is 13.9. The summed E-state index contributed by atoms with van der Waals surface area (Å²) in [7, 11) is 0. The van der Waals surface area contributed by atoms with Crippen LogP contribution in [0.15, 0.2) is 76.6 Å². The molecule has 7 nitrogen and oxygen atoms in total. The number of fused-ring (bicyclic) bond motifs is 2. The molecule has 6 rings (SSSR count). The number of aromatic nitrogens is 1. The van der Waals surface area contributed by atoms with E-state index in [1.807, 2.05) is 0 Å². The Kier molecular flexibility index (Phi) is 7.85. The fraction of sp³-hybridized carbons (Fsp3) is 0.172. The van der Waals surface area contributed by atoms with Crippen LogP contribution in [0.1, 0.15) is 21.9 Å². The van der Waals surface area contributed by atoms with Gasteiger partial charge in [0, 0.05) is 16.5 Å². The predicted octanol–water partition coefficient (Wildman–Crippen LogP) is 6.81. The Morgan fingerprint density at radius 2 is 1.66 bits per heavy atom. The summed E-state index contributed by atoms with van der Waals surface area (Å²) in [6, 6.07) is 13.5. The van der Waals surface area contributed by atoms with Crippen molar-refractivity contribution in [1.82, 2.24) is 4.57 Å². The van der Waals surface area contributed by atoms with Gasteiger partial charge < -0.3 is 5.32 Å². The van der Waals surface area contributed by atoms with Gasteiger partial charge in [-0.3, -0.25) is 23.7 Å². The molecular formula is C29H17Cl2F4N3O4S2. The second-order valence-electron chi connectivity index (χ2n) is 9.95. The van der Waals surface area contributed by atoms with E-state index in [9.17, 15) is 36.7 Å². The van der Waals surface area contributed by atoms with E-state index in [4.69, 9.17) is 23.2 Å². The second-order valence-corrected chi connectivity index (χ2v) is 12.9. The lowest BCUT2D eigenvalue weighted by Gasteiger charge is -2.30. The first-order valence-electron chi connectivity index (χ1n) is 12.8. The lowest BCUT2D eigenvalue weighted by molar-refractivity contribution is -0.137. The smallest absolute Gasteiger partial charge is 0.324 e. The van der Waals surface area contributed by atoms with Gasteiger partial charge >= 0.3 is 11.0 Å². The molecule has 15 heteroatoms. The first kappa shape index (κ1) is 30.4. The number of hydrogen-bond acceptors (Lipinski definition) is 6. The third kappa shape index (κ3) is 5.42. The topological polar surface area (TPSA) is 88.5 Å². The van der Waals surface area contributed by atoms with Crippen molar-refractivity contribution in [3.8, 4) is 0 Å². The Balaban J connectivity index is 1.40. The summed E-state index contributed by atoms with van der Waals surface area (Å²) in [6.07, 6.45) is -4.71. The van der Waals surface area contributed by atoms with Gasteiger partial charge in [0.15, 0.2) is 0 Å². The highest BCUT2D eigenvalue weighted by atomic mass is 35.5. The van der Waals surface area contributed by atoms with Crippen LogP contribution >= 0.6 is 46.3 Å². The highest BCUT2D eigenvalue weighted by Gasteiger charge is 2.57. The van der Waals surface area contributed by atoms with Gasteiger partial charge in [0.05, 0.1) is 32.2 Å². The predicted molar refractivity (Wildman–Crippen MR) is 159 cm³/mol. The fourth-order valence-corrected chi connectivity index (χ4v) is 8.35. The van der Waals surface area contributed by atoms with Crippen molar-refractivity contribution in [2.24, 2.45) is 5.92 Å². The fourth-order valence-electron chi connectivity index (χ4n) is 5.28. The van der Waals surface area contributed by atoms with E-state index in [1.54, 1.807) is 0 Å². The molecule has 1 fully saturated rings. The van der Waals surface area contributed by atoms with Gasteiger partial charge in [0.25, 0.3) is 0 Å². The summed E-state index contributed by atoms with van der Waals surface area (Å²) in [6.45, 7) is -0.453. The molecule has 3 atom stereocenters. The number of carbonyl (C=O) groups is 3. The largest absolute Gasteiger partial charge is 0.416 e. The number of imide groups is 1. The number of rotatable bonds is 5. The van der Waals surface area contributed by atoms with E-state index >= 15 is 0 Å². The number of amides is 3. The second kappa shape index (κ2) is 11.4. The van der Waals surface area contributed by atoms with Crippen molar-refractivity contribution in [1.29, 1.82) is 0 Å². The standard InChI is InChI=1S/C29H17Cl2F4N3O4S2/c30-18-9-8-16(11-19(18)31)36-20(39)12-37-27-24(44-28(37)42)21(13-4-6-15(32)7-5-13)22-23(43-27)26(41)38(25(22)40)17-3-1-2-14(10-17)29(33,34)35/h1-11,21-23H,12H2,(H,36,39). The molecule has 0 bridgehead atoms. The molecule has 0 spiro atoms. The number of thiazole rings is 1. The lowest BCUT2D eigenvalue weighted by atomic mass is 9.83. The molecule has 4 aromatic rings. The molecule has 226 valence electrons. The first-order valence-corrected chi connectivity index (χ1v) is 15.2. The van der Waals surface area contributed by atoms with Crippen molar-refractivity contribution in [3.63, 3.8) is 0 Å². The molecule has 0 radical (unpaired) electrons. The average molecular weight is 683 g/mol. The summed E-state index contributed by atoms with van der Waals surface area (Å²) in [5.41, 5.74) is -0.533. The molecule has 1 N–H and O–H groups in total. The molecule has 0 saturated carbocycles. The van der Waals surface area contributed by atoms with Crippen molar-refractivity contribution in [2.75, 3.05) is 10.2 Å². The van der Waals surface area contributed by atoms with Gasteiger partial charge in [-0.25, -0.2) is 9.29 Å². The van der Waals surface area contributed by atoms with Crippen molar-refractivity contribution in [2.45, 2.75) is 28.9 Å². The number of alkyl halides is 3. The maximum Gasteiger partial charge on any atom is 0.416 e. The number of halogens is 6. The van der Waals surface area contributed by atoms with Crippen LogP contribution in [0.25, 0.3) is 0 Å². The lowest BCUT2D eigenvalue weighted by Crippen LogP contribution is -2.33. The van der Waals surface area contributed by atoms with Gasteiger partial charge in [-0.2, -0.15) is 13.2 Å². The van der Waals surface area contributed by atoms with Crippen LogP contribution in [0.5, 0.6) is 0 Å². The number of anilines is 2. The van der Waals surface area contributed by atoms with Crippen LogP contribution in [-0.2, 0) is 27.1 Å². The molecule has 3 aromatic carbocycles. The van der Waals surface area contributed by atoms with E-state index < -0.39 is 63.8 Å². The van der Waals surface area contributed by atoms with E-state index in [0.29, 0.717) is 16.1 Å². The first-order chi connectivity index (χ1) is 20.8. The monoisotopic (exact) mass is 681 g/mol. The van der Waals surface area contributed by atoms with Crippen molar-refractivity contribution in [3.05, 3.63) is 108 Å². The number of nitrogens with one attached hydrogen (secondary N) is 1. The Hall–Kier alpha value is -3.65. The minimum absolute atomic E-state index is 0.202. The number of hydrogen-bond donors (Lipinski definition) is 1. The molecule has 44 heavy (non-hydrogen) atoms. The van der Waals surface area contributed by atoms with Crippen LogP contribution in [-0.4, -0.2) is 27.5 Å². The van der Waals surface area contributed by atoms with E-state index in [1.165, 1.54) is 53.1 Å². The molecule has 0 aliphatic carbocycles. The van der Waals surface area contributed by atoms with Gasteiger partial charge in [-0.15, -0.1) is 0 Å². The minimum atomic E-state index is -4.71. The quantitative estimate of drug-likeness (QED) is 0.185. The highest BCUT2D eigenvalue weighted by molar-refractivity contribution is 8.00. The zero-order valence-corrected chi connectivity index (χ0v) is 25.0.